The maximum atomic E-state index is 12.3. The highest BCUT2D eigenvalue weighted by Crippen LogP contribution is 2.62. The Hall–Kier alpha value is -6.17. The van der Waals surface area contributed by atoms with Gasteiger partial charge in [-0.15, -0.1) is 0 Å². The summed E-state index contributed by atoms with van der Waals surface area (Å²) in [6.45, 7) is 35.7. The molecule has 30 heteroatoms. The van der Waals surface area contributed by atoms with Crippen LogP contribution in [-0.2, 0) is 128 Å². The third kappa shape index (κ3) is 24.0. The molecule has 2 bridgehead atoms. The third-order valence-electron chi connectivity index (χ3n) is 23.9. The topological polar surface area (TPSA) is 392 Å². The number of nitrogens with zero attached hydrogens (tertiary/aromatic N) is 1. The Morgan fingerprint density at radius 2 is 0.855 bits per heavy atom. The lowest BCUT2D eigenvalue weighted by atomic mass is 9.74. The summed E-state index contributed by atoms with van der Waals surface area (Å²) in [6, 6.07) is 2.15. The van der Waals surface area contributed by atoms with Gasteiger partial charge in [0.2, 0.25) is 18.3 Å². The van der Waals surface area contributed by atoms with E-state index in [1.165, 1.54) is 32.8 Å². The van der Waals surface area contributed by atoms with Crippen molar-refractivity contribution >= 4 is 59.7 Å². The maximum Gasteiger partial charge on any atom is 0.350 e. The van der Waals surface area contributed by atoms with Gasteiger partial charge in [-0.3, -0.25) is 33.6 Å². The number of carbonyl (C=O) groups is 10. The molecular formula is C87H157NO29. The van der Waals surface area contributed by atoms with Gasteiger partial charge in [0, 0.05) is 30.6 Å². The second-order valence-corrected chi connectivity index (χ2v) is 33.5. The molecule has 2 N–H and O–H groups in total. The first-order chi connectivity index (χ1) is 50.0. The number of methoxy groups -OCH3 is 1. The molecule has 0 aromatic heterocycles. The average Bonchev–Trinajstić information content (AvgIpc) is 1.54. The maximum absolute atomic E-state index is 12.3. The van der Waals surface area contributed by atoms with Gasteiger partial charge < -0.3 is 90.7 Å². The van der Waals surface area contributed by atoms with Crippen molar-refractivity contribution in [1.82, 2.24) is 0 Å². The molecule has 22 atom stereocenters. The van der Waals surface area contributed by atoms with Crippen LogP contribution in [-0.4, -0.2) is 200 Å². The molecule has 0 amide bonds. The molecule has 117 heavy (non-hydrogen) atoms. The van der Waals surface area contributed by atoms with E-state index in [0.29, 0.717) is 44.6 Å². The average molecular weight is 1680 g/mol. The first-order valence-electron chi connectivity index (χ1n) is 38.4. The Kier molecular flexibility index (Phi) is 44.3. The molecule has 14 rings (SSSR count). The number of esters is 10. The van der Waals surface area contributed by atoms with E-state index >= 15 is 0 Å². The van der Waals surface area contributed by atoms with Crippen LogP contribution in [0, 0.1) is 67.5 Å². The Morgan fingerprint density at radius 1 is 0.462 bits per heavy atom. The highest BCUT2D eigenvalue weighted by molar-refractivity contribution is 5.87. The minimum Gasteiger partial charge on any atom is -0.469 e. The van der Waals surface area contributed by atoms with Gasteiger partial charge in [0.15, 0.2) is 66.4 Å². The van der Waals surface area contributed by atoms with Crippen molar-refractivity contribution in [2.24, 2.45) is 56.2 Å². The summed E-state index contributed by atoms with van der Waals surface area (Å²) in [5.41, 5.74) is -3.87. The first-order valence-corrected chi connectivity index (χ1v) is 38.4. The number of nitriles is 1. The van der Waals surface area contributed by atoms with Crippen molar-refractivity contribution < 1.29 is 139 Å². The van der Waals surface area contributed by atoms with Crippen molar-refractivity contribution in [1.29, 1.82) is 5.26 Å². The molecule has 10 saturated heterocycles. The molecule has 0 radical (unpaired) electrons. The standard InChI is InChI=1S/C18H26O7.C15H19NO4.C15H22O7.C12H18O7.C8H12O2.C7H14O2.C2H6.10CH4/c1-4-17(2,3)16(20)23-12-10-11(21-14(12)19)13-15(22-10)25-18(24-13)8-6-5-7-9-18;1-4-14(2,3)12(17)19-10-8-5-9-11(10)20-13(18)15(9,6-8)7-16;1-6-14(2,3)13(17)20-9-7-8(18-11(9)16)10-12(19-7)22-15(4,5)21-10;1-4-12(2,3)11(16)19-8-7-6(17-10(8)15)5(13)9(14)18-7;9-8-7-4-2-1-3-6(7)5-10-8;1-5-7(2,3)6(8)9-4;1-2;;;;;;;;;;/h10-13,15H,4-9H2,1-3H3;8-11H,4-6H2,1-3H3;7-10,12H,6H2,1-5H3;5-9,13-14H,4H2,1-3H3;6-7H,1-5H2;5H2,1-4H3;1-2H3;10*1H4. The third-order valence-corrected chi connectivity index (χ3v) is 23.9. The summed E-state index contributed by atoms with van der Waals surface area (Å²) >= 11 is 0. The van der Waals surface area contributed by atoms with E-state index in [-0.39, 0.29) is 121 Å². The molecule has 22 unspecified atom stereocenters. The van der Waals surface area contributed by atoms with Crippen LogP contribution in [0.3, 0.4) is 0 Å². The Bertz CT molecular complexity index is 3280. The summed E-state index contributed by atoms with van der Waals surface area (Å²) in [7, 11) is 1.42. The van der Waals surface area contributed by atoms with Crippen molar-refractivity contribution in [2.45, 2.75) is 424 Å². The Labute approximate surface area is 701 Å². The fraction of sp³-hybridized carbons (Fsp3) is 0.874. The molecule has 4 saturated carbocycles. The molecular weight excluding hydrogens is 1520 g/mol. The van der Waals surface area contributed by atoms with Gasteiger partial charge in [-0.05, 0) is 154 Å². The number of ether oxygens (including phenoxy) is 17. The minimum atomic E-state index is -1.44. The molecule has 30 nitrogen and oxygen atoms in total. The van der Waals surface area contributed by atoms with Crippen molar-refractivity contribution in [3.05, 3.63) is 0 Å². The summed E-state index contributed by atoms with van der Waals surface area (Å²) in [5, 5.41) is 28.2. The van der Waals surface area contributed by atoms with Gasteiger partial charge >= 0.3 is 59.7 Å². The second kappa shape index (κ2) is 45.1. The van der Waals surface area contributed by atoms with E-state index in [1.807, 2.05) is 76.2 Å². The monoisotopic (exact) mass is 1680 g/mol. The van der Waals surface area contributed by atoms with Gasteiger partial charge in [0.25, 0.3) is 0 Å². The predicted molar refractivity (Wildman–Crippen MR) is 437 cm³/mol. The van der Waals surface area contributed by atoms with Crippen LogP contribution in [0.25, 0.3) is 0 Å². The summed E-state index contributed by atoms with van der Waals surface area (Å²) in [5.74, 6) is -4.67. The van der Waals surface area contributed by atoms with Crippen LogP contribution < -0.4 is 0 Å². The highest BCUT2D eigenvalue weighted by Gasteiger charge is 2.73. The fourth-order valence-electron chi connectivity index (χ4n) is 14.8. The van der Waals surface area contributed by atoms with E-state index in [9.17, 15) is 63.4 Å². The smallest absolute Gasteiger partial charge is 0.350 e. The van der Waals surface area contributed by atoms with E-state index in [2.05, 4.69) is 10.8 Å². The largest absolute Gasteiger partial charge is 0.469 e. The lowest BCUT2D eigenvalue weighted by molar-refractivity contribution is -0.246. The van der Waals surface area contributed by atoms with Crippen molar-refractivity contribution in [3.63, 3.8) is 0 Å². The molecule has 4 aliphatic carbocycles. The number of cyclic esters (lactones) is 1. The zero-order chi connectivity index (χ0) is 79.6. The number of carbonyl (C=O) groups excluding carboxylic acids is 10. The van der Waals surface area contributed by atoms with Crippen molar-refractivity contribution in [3.8, 4) is 6.07 Å². The summed E-state index contributed by atoms with van der Waals surface area (Å²) < 4.78 is 92.2. The van der Waals surface area contributed by atoms with Crippen LogP contribution in [0.1, 0.15) is 309 Å². The molecule has 10 aliphatic heterocycles. The summed E-state index contributed by atoms with van der Waals surface area (Å²) in [6.07, 6.45) is 0.692. The number of hydrogen-bond donors (Lipinski definition) is 2. The molecule has 14 fully saturated rings. The van der Waals surface area contributed by atoms with Crippen LogP contribution in [0.2, 0.25) is 0 Å². The number of rotatable bonds is 14. The van der Waals surface area contributed by atoms with Crippen LogP contribution in [0.5, 0.6) is 0 Å². The molecule has 10 heterocycles. The quantitative estimate of drug-likeness (QED) is 0.120. The molecule has 684 valence electrons. The predicted octanol–water partition coefficient (Wildman–Crippen LogP) is 14.7. The van der Waals surface area contributed by atoms with Gasteiger partial charge in [0.05, 0.1) is 52.8 Å². The Morgan fingerprint density at radius 3 is 1.26 bits per heavy atom. The van der Waals surface area contributed by atoms with Gasteiger partial charge in [0.1, 0.15) is 36.6 Å². The molecule has 14 aliphatic rings. The molecule has 0 aromatic rings. The van der Waals surface area contributed by atoms with Gasteiger partial charge in [-0.25, -0.2) is 14.4 Å². The zero-order valence-electron chi connectivity index (χ0n) is 66.0. The first kappa shape index (κ1) is 115. The van der Waals surface area contributed by atoms with E-state index in [4.69, 9.17) is 75.8 Å². The van der Waals surface area contributed by atoms with E-state index in [0.717, 1.165) is 44.9 Å². The highest BCUT2D eigenvalue weighted by atomic mass is 16.9. The van der Waals surface area contributed by atoms with Gasteiger partial charge in [-0.1, -0.05) is 142 Å². The lowest BCUT2D eigenvalue weighted by Crippen LogP contribution is -2.42. The van der Waals surface area contributed by atoms with E-state index < -0.39 is 179 Å². The van der Waals surface area contributed by atoms with Crippen LogP contribution in [0.15, 0.2) is 0 Å². The lowest BCUT2D eigenvalue weighted by Gasteiger charge is -2.33. The van der Waals surface area contributed by atoms with Crippen LogP contribution >= 0.6 is 0 Å². The molecule has 1 spiro atoms. The number of aliphatic hydroxyl groups excluding tert-OH is 2. The summed E-state index contributed by atoms with van der Waals surface area (Å²) in [4.78, 5) is 118. The normalized spacial score (nSPS) is 33.2. The van der Waals surface area contributed by atoms with E-state index in [1.54, 1.807) is 55.4 Å². The number of hydrogen-bond acceptors (Lipinski definition) is 30. The van der Waals surface area contributed by atoms with Crippen LogP contribution in [0.4, 0.5) is 0 Å². The minimum absolute atomic E-state index is 0. The fourth-order valence-corrected chi connectivity index (χ4v) is 14.8. The molecule has 0 aromatic carbocycles. The Balaban J connectivity index is -0.00000134. The SMILES string of the molecule is C.C.C.C.C.C.C.C.C.C.CC.CCC(C)(C)C(=O)OC.CCC(C)(C)C(=O)OC1C(=O)OC2C(O)C(O)OC12.CCC(C)(C)C(=O)OC1C(=O)OC2C3OC(C)(C)OC3OC12.CCC(C)(C)C(=O)OC1C(=O)OC2C3OC4(CCCCC4)OC3OC12.CCC(C)(C)C(=O)OC1C2CC3C1OC(=O)C3(C#N)C2.O=C1OCC2CCCCC12. The van der Waals surface area contributed by atoms with Gasteiger partial charge in [-0.2, -0.15) is 5.26 Å². The number of aliphatic hydroxyl groups is 2. The van der Waals surface area contributed by atoms with Crippen molar-refractivity contribution in [2.75, 3.05) is 13.7 Å². The zero-order valence-corrected chi connectivity index (χ0v) is 66.0. The number of fused-ring (bicyclic) bond motifs is 9. The second-order valence-electron chi connectivity index (χ2n) is 33.5.